The Labute approximate surface area is 107 Å². The molecule has 6 heteroatoms. The van der Waals surface area contributed by atoms with E-state index in [1.165, 1.54) is 0 Å². The lowest BCUT2D eigenvalue weighted by atomic mass is 10.2. The Bertz CT molecular complexity index is 812. The average molecular weight is 261 g/mol. The second-order valence-electron chi connectivity index (χ2n) is 3.91. The zero-order chi connectivity index (χ0) is 12.7. The molecule has 3 rings (SSSR count). The minimum atomic E-state index is -0.241. The van der Waals surface area contributed by atoms with E-state index in [4.69, 9.17) is 17.3 Å². The van der Waals surface area contributed by atoms with Gasteiger partial charge in [0.25, 0.3) is 5.56 Å². The number of nitrogens with one attached hydrogen (secondary N) is 1. The van der Waals surface area contributed by atoms with Gasteiger partial charge in [0.2, 0.25) is 0 Å². The van der Waals surface area contributed by atoms with Gasteiger partial charge in [-0.05, 0) is 24.3 Å². The Morgan fingerprint density at radius 1 is 1.28 bits per heavy atom. The van der Waals surface area contributed by atoms with Crippen LogP contribution in [0.2, 0.25) is 5.02 Å². The summed E-state index contributed by atoms with van der Waals surface area (Å²) in [7, 11) is 0. The van der Waals surface area contributed by atoms with E-state index in [-0.39, 0.29) is 12.1 Å². The molecule has 2 heterocycles. The summed E-state index contributed by atoms with van der Waals surface area (Å²) >= 11 is 5.91. The highest BCUT2D eigenvalue weighted by Gasteiger charge is 2.06. The molecule has 0 aliphatic heterocycles. The van der Waals surface area contributed by atoms with Gasteiger partial charge in [0.1, 0.15) is 5.82 Å². The quantitative estimate of drug-likeness (QED) is 0.651. The Balaban J connectivity index is 2.45. The summed E-state index contributed by atoms with van der Waals surface area (Å²) in [5.41, 5.74) is 6.36. The van der Waals surface area contributed by atoms with Crippen molar-refractivity contribution in [1.29, 1.82) is 0 Å². The van der Waals surface area contributed by atoms with Crippen LogP contribution < -0.4 is 11.3 Å². The molecule has 0 saturated heterocycles. The molecule has 0 amide bonds. The molecule has 3 aromatic rings. The minimum Gasteiger partial charge on any atom is -0.324 e. The van der Waals surface area contributed by atoms with Crippen molar-refractivity contribution in [2.45, 2.75) is 6.54 Å². The molecule has 0 spiro atoms. The van der Waals surface area contributed by atoms with Crippen molar-refractivity contribution >= 4 is 33.5 Å². The van der Waals surface area contributed by atoms with Crippen LogP contribution in [0, 0.1) is 0 Å². The van der Waals surface area contributed by atoms with Gasteiger partial charge in [-0.25, -0.2) is 9.97 Å². The lowest BCUT2D eigenvalue weighted by Gasteiger charge is -2.02. The van der Waals surface area contributed by atoms with Crippen LogP contribution >= 0.6 is 11.6 Å². The SMILES string of the molecule is NCc1nc2nc3ccc(Cl)cc3cc2c(=O)[nH]1. The number of aromatic amines is 1. The third-order valence-electron chi connectivity index (χ3n) is 2.69. The number of pyridine rings is 1. The lowest BCUT2D eigenvalue weighted by molar-refractivity contribution is 0.908. The van der Waals surface area contributed by atoms with Crippen LogP contribution in [-0.4, -0.2) is 15.0 Å². The number of fused-ring (bicyclic) bond motifs is 2. The number of nitrogens with two attached hydrogens (primary N) is 1. The molecule has 5 nitrogen and oxygen atoms in total. The first-order chi connectivity index (χ1) is 8.67. The Morgan fingerprint density at radius 3 is 2.89 bits per heavy atom. The number of rotatable bonds is 1. The number of halogens is 1. The third kappa shape index (κ3) is 1.73. The first-order valence-electron chi connectivity index (χ1n) is 5.36. The van der Waals surface area contributed by atoms with Gasteiger partial charge in [0.05, 0.1) is 17.4 Å². The fraction of sp³-hybridized carbons (Fsp3) is 0.0833. The molecule has 18 heavy (non-hydrogen) atoms. The largest absolute Gasteiger partial charge is 0.324 e. The predicted octanol–water partition coefficient (Wildman–Crippen LogP) is 1.58. The van der Waals surface area contributed by atoms with Crippen LogP contribution in [0.4, 0.5) is 0 Å². The summed E-state index contributed by atoms with van der Waals surface area (Å²) in [4.78, 5) is 23.0. The van der Waals surface area contributed by atoms with E-state index in [1.807, 2.05) is 0 Å². The van der Waals surface area contributed by atoms with Crippen molar-refractivity contribution in [3.05, 3.63) is 45.5 Å². The number of nitrogens with zero attached hydrogens (tertiary/aromatic N) is 2. The maximum Gasteiger partial charge on any atom is 0.260 e. The average Bonchev–Trinajstić information content (AvgIpc) is 2.37. The van der Waals surface area contributed by atoms with Gasteiger partial charge in [-0.3, -0.25) is 4.79 Å². The van der Waals surface area contributed by atoms with E-state index in [0.29, 0.717) is 21.9 Å². The molecule has 0 radical (unpaired) electrons. The summed E-state index contributed by atoms with van der Waals surface area (Å²) in [6, 6.07) is 7.04. The standard InChI is InChI=1S/C12H9ClN4O/c13-7-1-2-9-6(3-7)4-8-11(15-9)16-10(5-14)17-12(8)18/h1-4H,5,14H2,(H,15,16,17,18). The van der Waals surface area contributed by atoms with E-state index in [1.54, 1.807) is 24.3 Å². The second-order valence-corrected chi connectivity index (χ2v) is 4.35. The Morgan fingerprint density at radius 2 is 2.11 bits per heavy atom. The zero-order valence-corrected chi connectivity index (χ0v) is 10.0. The molecule has 0 aliphatic rings. The normalized spacial score (nSPS) is 11.2. The summed E-state index contributed by atoms with van der Waals surface area (Å²) in [5, 5.41) is 1.84. The van der Waals surface area contributed by atoms with E-state index in [9.17, 15) is 4.79 Å². The molecule has 0 fully saturated rings. The minimum absolute atomic E-state index is 0.172. The molecule has 0 bridgehead atoms. The molecule has 0 saturated carbocycles. The molecular formula is C12H9ClN4O. The van der Waals surface area contributed by atoms with Crippen molar-refractivity contribution in [2.24, 2.45) is 5.73 Å². The van der Waals surface area contributed by atoms with Crippen LogP contribution in [-0.2, 0) is 6.54 Å². The van der Waals surface area contributed by atoms with Gasteiger partial charge in [0.15, 0.2) is 5.65 Å². The number of benzene rings is 1. The van der Waals surface area contributed by atoms with Gasteiger partial charge < -0.3 is 10.7 Å². The number of aromatic nitrogens is 3. The Kier molecular flexibility index (Phi) is 2.50. The van der Waals surface area contributed by atoms with Crippen molar-refractivity contribution in [3.63, 3.8) is 0 Å². The van der Waals surface area contributed by atoms with Crippen molar-refractivity contribution < 1.29 is 0 Å². The monoisotopic (exact) mass is 260 g/mol. The highest BCUT2D eigenvalue weighted by atomic mass is 35.5. The summed E-state index contributed by atoms with van der Waals surface area (Å²) < 4.78 is 0. The van der Waals surface area contributed by atoms with Gasteiger partial charge in [-0.15, -0.1) is 0 Å². The molecule has 0 unspecified atom stereocenters. The van der Waals surface area contributed by atoms with Crippen LogP contribution in [0.25, 0.3) is 21.9 Å². The second kappa shape index (κ2) is 4.04. The maximum absolute atomic E-state index is 11.9. The van der Waals surface area contributed by atoms with Crippen LogP contribution in [0.3, 0.4) is 0 Å². The van der Waals surface area contributed by atoms with Crippen LogP contribution in [0.1, 0.15) is 5.82 Å². The highest BCUT2D eigenvalue weighted by molar-refractivity contribution is 6.31. The van der Waals surface area contributed by atoms with E-state index in [0.717, 1.165) is 10.9 Å². The van der Waals surface area contributed by atoms with Crippen molar-refractivity contribution in [1.82, 2.24) is 15.0 Å². The van der Waals surface area contributed by atoms with E-state index in [2.05, 4.69) is 15.0 Å². The predicted molar refractivity (Wildman–Crippen MR) is 70.6 cm³/mol. The summed E-state index contributed by atoms with van der Waals surface area (Å²) in [6.45, 7) is 0.172. The van der Waals surface area contributed by atoms with Crippen LogP contribution in [0.15, 0.2) is 29.1 Å². The molecule has 2 aromatic heterocycles. The van der Waals surface area contributed by atoms with Crippen molar-refractivity contribution in [2.75, 3.05) is 0 Å². The number of H-pyrrole nitrogens is 1. The first-order valence-corrected chi connectivity index (χ1v) is 5.74. The molecule has 0 atom stereocenters. The van der Waals surface area contributed by atoms with Gasteiger partial charge in [-0.2, -0.15) is 0 Å². The summed E-state index contributed by atoms with van der Waals surface area (Å²) in [6.07, 6.45) is 0. The topological polar surface area (TPSA) is 84.7 Å². The molecule has 90 valence electrons. The molecule has 1 aromatic carbocycles. The summed E-state index contributed by atoms with van der Waals surface area (Å²) in [5.74, 6) is 0.424. The third-order valence-corrected chi connectivity index (χ3v) is 2.93. The van der Waals surface area contributed by atoms with Gasteiger partial charge in [-0.1, -0.05) is 11.6 Å². The van der Waals surface area contributed by atoms with Crippen LogP contribution in [0.5, 0.6) is 0 Å². The molecular weight excluding hydrogens is 252 g/mol. The van der Waals surface area contributed by atoms with Gasteiger partial charge in [0, 0.05) is 10.4 Å². The van der Waals surface area contributed by atoms with Gasteiger partial charge >= 0.3 is 0 Å². The fourth-order valence-electron chi connectivity index (χ4n) is 1.84. The first kappa shape index (κ1) is 11.1. The number of hydrogen-bond acceptors (Lipinski definition) is 4. The number of hydrogen-bond donors (Lipinski definition) is 2. The zero-order valence-electron chi connectivity index (χ0n) is 9.27. The molecule has 0 aliphatic carbocycles. The highest BCUT2D eigenvalue weighted by Crippen LogP contribution is 2.20. The molecule has 3 N–H and O–H groups in total. The lowest BCUT2D eigenvalue weighted by Crippen LogP contribution is -2.15. The van der Waals surface area contributed by atoms with E-state index >= 15 is 0 Å². The smallest absolute Gasteiger partial charge is 0.260 e. The maximum atomic E-state index is 11.9. The van der Waals surface area contributed by atoms with E-state index < -0.39 is 0 Å². The van der Waals surface area contributed by atoms with Crippen molar-refractivity contribution in [3.8, 4) is 0 Å². The fourth-order valence-corrected chi connectivity index (χ4v) is 2.02. The Hall–Kier alpha value is -1.98.